The monoisotopic (exact) mass is 383 g/mol. The molecule has 1 amide bonds. The fraction of sp³-hybridized carbons (Fsp3) is 0.250. The molecule has 8 heteroatoms. The second-order valence-electron chi connectivity index (χ2n) is 6.25. The molecule has 2 aromatic carbocycles. The van der Waals surface area contributed by atoms with Crippen molar-refractivity contribution in [3.05, 3.63) is 58.5 Å². The molecular weight excluding hydrogens is 362 g/mol. The number of fused-ring (bicyclic) bond motifs is 1. The molecule has 0 aliphatic rings. The van der Waals surface area contributed by atoms with Crippen LogP contribution in [-0.4, -0.2) is 34.6 Å². The van der Waals surface area contributed by atoms with Gasteiger partial charge < -0.3 is 24.8 Å². The van der Waals surface area contributed by atoms with Crippen molar-refractivity contribution >= 4 is 28.6 Å². The number of H-pyrrole nitrogens is 2. The summed E-state index contributed by atoms with van der Waals surface area (Å²) in [6.45, 7) is 4.10. The highest BCUT2D eigenvalue weighted by Crippen LogP contribution is 2.16. The lowest BCUT2D eigenvalue weighted by Crippen LogP contribution is -2.30. The molecule has 1 heterocycles. The summed E-state index contributed by atoms with van der Waals surface area (Å²) in [7, 11) is 0. The Kier molecular flexibility index (Phi) is 5.78. The van der Waals surface area contributed by atoms with Gasteiger partial charge in [-0.2, -0.15) is 0 Å². The third-order valence-electron chi connectivity index (χ3n) is 4.00. The number of ether oxygens (including phenoxy) is 2. The second-order valence-corrected chi connectivity index (χ2v) is 6.25. The van der Waals surface area contributed by atoms with E-state index in [0.29, 0.717) is 34.6 Å². The molecule has 0 aliphatic heterocycles. The number of nitrogens with one attached hydrogen (secondary N) is 3. The fourth-order valence-electron chi connectivity index (χ4n) is 2.54. The lowest BCUT2D eigenvalue weighted by Gasteiger charge is -2.14. The van der Waals surface area contributed by atoms with E-state index in [4.69, 9.17) is 9.47 Å². The quantitative estimate of drug-likeness (QED) is 0.543. The Bertz CT molecular complexity index is 1040. The van der Waals surface area contributed by atoms with Gasteiger partial charge in [0.25, 0.3) is 5.91 Å². The number of hydrogen-bond donors (Lipinski definition) is 3. The Balaban J connectivity index is 1.59. The molecule has 8 nitrogen and oxygen atoms in total. The lowest BCUT2D eigenvalue weighted by molar-refractivity contribution is -0.123. The van der Waals surface area contributed by atoms with Crippen LogP contribution in [0.5, 0.6) is 5.75 Å². The molecule has 146 valence electrons. The van der Waals surface area contributed by atoms with Crippen LogP contribution in [0.25, 0.3) is 11.0 Å². The maximum absolute atomic E-state index is 12.3. The van der Waals surface area contributed by atoms with Crippen molar-refractivity contribution in [2.24, 2.45) is 0 Å². The number of imidazole rings is 1. The summed E-state index contributed by atoms with van der Waals surface area (Å²) in [6.07, 6.45) is -0.103. The predicted octanol–water partition coefficient (Wildman–Crippen LogP) is 2.83. The highest BCUT2D eigenvalue weighted by Gasteiger charge is 2.19. The molecule has 0 spiro atoms. The van der Waals surface area contributed by atoms with E-state index in [9.17, 15) is 14.4 Å². The molecule has 3 rings (SSSR count). The number of carbonyl (C=O) groups is 2. The van der Waals surface area contributed by atoms with E-state index < -0.39 is 18.0 Å². The number of hydrogen-bond acceptors (Lipinski definition) is 5. The topological polar surface area (TPSA) is 113 Å². The van der Waals surface area contributed by atoms with Crippen molar-refractivity contribution in [3.8, 4) is 5.75 Å². The van der Waals surface area contributed by atoms with Crippen LogP contribution in [0.1, 0.15) is 30.6 Å². The van der Waals surface area contributed by atoms with Crippen LogP contribution in [0.4, 0.5) is 5.69 Å². The number of carbonyl (C=O) groups excluding carboxylic acids is 2. The van der Waals surface area contributed by atoms with Crippen LogP contribution in [0.15, 0.2) is 47.3 Å². The third-order valence-corrected chi connectivity index (χ3v) is 4.00. The number of aromatic amines is 2. The van der Waals surface area contributed by atoms with E-state index in [2.05, 4.69) is 15.3 Å². The number of rotatable bonds is 7. The maximum atomic E-state index is 12.3. The number of anilines is 1. The molecule has 1 aromatic heterocycles. The summed E-state index contributed by atoms with van der Waals surface area (Å²) in [5.74, 6) is -0.411. The predicted molar refractivity (Wildman–Crippen MR) is 105 cm³/mol. The first kappa shape index (κ1) is 19.2. The van der Waals surface area contributed by atoms with E-state index in [1.807, 2.05) is 6.92 Å². The van der Waals surface area contributed by atoms with Crippen LogP contribution in [0, 0.1) is 0 Å². The van der Waals surface area contributed by atoms with Gasteiger partial charge in [0, 0.05) is 5.69 Å². The number of amides is 1. The molecule has 0 unspecified atom stereocenters. The van der Waals surface area contributed by atoms with Gasteiger partial charge in [-0.25, -0.2) is 9.59 Å². The van der Waals surface area contributed by atoms with E-state index in [1.54, 1.807) is 42.5 Å². The SMILES string of the molecule is CCCOc1ccc(C(=O)O[C@@H](C)C(=O)Nc2ccc3[nH]c(=O)[nH]c3c2)cc1. The first-order valence-electron chi connectivity index (χ1n) is 8.93. The zero-order valence-electron chi connectivity index (χ0n) is 15.6. The van der Waals surface area contributed by atoms with E-state index >= 15 is 0 Å². The molecule has 0 aliphatic carbocycles. The Morgan fingerprint density at radius 2 is 1.79 bits per heavy atom. The summed E-state index contributed by atoms with van der Waals surface area (Å²) in [4.78, 5) is 41.1. The van der Waals surface area contributed by atoms with Gasteiger partial charge in [0.2, 0.25) is 0 Å². The van der Waals surface area contributed by atoms with E-state index in [0.717, 1.165) is 6.42 Å². The Morgan fingerprint density at radius 3 is 2.50 bits per heavy atom. The van der Waals surface area contributed by atoms with Crippen LogP contribution in [0.3, 0.4) is 0 Å². The van der Waals surface area contributed by atoms with Crippen LogP contribution in [-0.2, 0) is 9.53 Å². The van der Waals surface area contributed by atoms with Crippen molar-refractivity contribution in [3.63, 3.8) is 0 Å². The number of aromatic nitrogens is 2. The molecule has 3 aromatic rings. The summed E-state index contributed by atoms with van der Waals surface area (Å²) in [5, 5.41) is 2.66. The summed E-state index contributed by atoms with van der Waals surface area (Å²) < 4.78 is 10.7. The highest BCUT2D eigenvalue weighted by atomic mass is 16.5. The molecule has 1 atom stereocenters. The molecule has 0 fully saturated rings. The van der Waals surface area contributed by atoms with Gasteiger partial charge in [-0.15, -0.1) is 0 Å². The van der Waals surface area contributed by atoms with Crippen molar-refractivity contribution in [1.29, 1.82) is 0 Å². The van der Waals surface area contributed by atoms with Gasteiger partial charge in [0.1, 0.15) is 5.75 Å². The zero-order chi connectivity index (χ0) is 20.1. The summed E-state index contributed by atoms with van der Waals surface area (Å²) in [6, 6.07) is 11.5. The van der Waals surface area contributed by atoms with Gasteiger partial charge in [-0.05, 0) is 55.8 Å². The fourth-order valence-corrected chi connectivity index (χ4v) is 2.54. The van der Waals surface area contributed by atoms with Crippen LogP contribution in [0.2, 0.25) is 0 Å². The van der Waals surface area contributed by atoms with Crippen LogP contribution < -0.4 is 15.7 Å². The highest BCUT2D eigenvalue weighted by molar-refractivity contribution is 5.98. The van der Waals surface area contributed by atoms with E-state index in [1.165, 1.54) is 6.92 Å². The first-order valence-corrected chi connectivity index (χ1v) is 8.93. The van der Waals surface area contributed by atoms with Gasteiger partial charge in [-0.1, -0.05) is 6.92 Å². The minimum atomic E-state index is -0.996. The lowest BCUT2D eigenvalue weighted by atomic mass is 10.2. The Morgan fingerprint density at radius 1 is 1.07 bits per heavy atom. The standard InChI is InChI=1S/C20H21N3O5/c1-3-10-27-15-7-4-13(5-8-15)19(25)28-12(2)18(24)21-14-6-9-16-17(11-14)23-20(26)22-16/h4-9,11-12H,3,10H2,1-2H3,(H,21,24)(H2,22,23,26)/t12-/m0/s1. The smallest absolute Gasteiger partial charge is 0.338 e. The largest absolute Gasteiger partial charge is 0.494 e. The minimum absolute atomic E-state index is 0.327. The Labute approximate surface area is 160 Å². The third kappa shape index (κ3) is 4.59. The second kappa shape index (κ2) is 8.43. The van der Waals surface area contributed by atoms with Crippen molar-refractivity contribution in [2.45, 2.75) is 26.4 Å². The first-order chi connectivity index (χ1) is 13.5. The van der Waals surface area contributed by atoms with Gasteiger partial charge in [0.15, 0.2) is 6.10 Å². The van der Waals surface area contributed by atoms with Crippen LogP contribution >= 0.6 is 0 Å². The molecule has 0 radical (unpaired) electrons. The van der Waals surface area contributed by atoms with Crippen molar-refractivity contribution < 1.29 is 19.1 Å². The van der Waals surface area contributed by atoms with Crippen molar-refractivity contribution in [2.75, 3.05) is 11.9 Å². The number of esters is 1. The Hall–Kier alpha value is -3.55. The molecule has 0 saturated heterocycles. The summed E-state index contributed by atoms with van der Waals surface area (Å²) >= 11 is 0. The minimum Gasteiger partial charge on any atom is -0.494 e. The molecule has 28 heavy (non-hydrogen) atoms. The number of benzene rings is 2. The molecular formula is C20H21N3O5. The van der Waals surface area contributed by atoms with Crippen molar-refractivity contribution in [1.82, 2.24) is 9.97 Å². The average Bonchev–Trinajstić information content (AvgIpc) is 3.05. The zero-order valence-corrected chi connectivity index (χ0v) is 15.6. The molecule has 3 N–H and O–H groups in total. The average molecular weight is 383 g/mol. The molecule has 0 bridgehead atoms. The van der Waals surface area contributed by atoms with Gasteiger partial charge >= 0.3 is 11.7 Å². The summed E-state index contributed by atoms with van der Waals surface area (Å²) in [5.41, 5.74) is 1.68. The maximum Gasteiger partial charge on any atom is 0.338 e. The van der Waals surface area contributed by atoms with Gasteiger partial charge in [0.05, 0.1) is 23.2 Å². The normalized spacial score (nSPS) is 11.8. The molecule has 0 saturated carbocycles. The van der Waals surface area contributed by atoms with Gasteiger partial charge in [-0.3, -0.25) is 4.79 Å². The van der Waals surface area contributed by atoms with E-state index in [-0.39, 0.29) is 5.69 Å².